The molecule has 0 fully saturated rings. The van der Waals surface area contributed by atoms with Crippen molar-refractivity contribution in [3.05, 3.63) is 34.9 Å². The Kier molecular flexibility index (Phi) is 6.67. The lowest BCUT2D eigenvalue weighted by Crippen LogP contribution is -2.26. The predicted octanol–water partition coefficient (Wildman–Crippen LogP) is 3.03. The molecule has 0 aliphatic carbocycles. The van der Waals surface area contributed by atoms with Crippen LogP contribution in [0.1, 0.15) is 19.4 Å². The molecule has 1 rings (SSSR count). The van der Waals surface area contributed by atoms with Crippen molar-refractivity contribution in [3.63, 3.8) is 0 Å². The molecule has 0 N–H and O–H groups in total. The second-order valence-electron chi connectivity index (χ2n) is 3.65. The standard InChI is InChI=1S/C13H19ClN2O/c1-3-16(4-2)9-10-17-15-11-12-5-7-13(14)8-6-12/h5-8,11H,3-4,9-10H2,1-2H3. The average molecular weight is 255 g/mol. The Balaban J connectivity index is 2.24. The third-order valence-corrected chi connectivity index (χ3v) is 2.79. The molecule has 0 bridgehead atoms. The van der Waals surface area contributed by atoms with Gasteiger partial charge in [-0.1, -0.05) is 42.7 Å². The SMILES string of the molecule is CCN(CC)CCON=Cc1ccc(Cl)cc1. The maximum Gasteiger partial charge on any atom is 0.129 e. The third kappa shape index (κ3) is 5.71. The fourth-order valence-corrected chi connectivity index (χ4v) is 1.54. The average Bonchev–Trinajstić information content (AvgIpc) is 2.36. The number of hydrogen-bond acceptors (Lipinski definition) is 3. The van der Waals surface area contributed by atoms with Crippen LogP contribution >= 0.6 is 11.6 Å². The molecule has 0 saturated carbocycles. The minimum Gasteiger partial charge on any atom is -0.394 e. The van der Waals surface area contributed by atoms with Crippen molar-refractivity contribution >= 4 is 17.8 Å². The van der Waals surface area contributed by atoms with E-state index in [-0.39, 0.29) is 0 Å². The van der Waals surface area contributed by atoms with E-state index in [1.807, 2.05) is 24.3 Å². The van der Waals surface area contributed by atoms with E-state index in [0.29, 0.717) is 6.61 Å². The monoisotopic (exact) mass is 254 g/mol. The van der Waals surface area contributed by atoms with Gasteiger partial charge in [-0.3, -0.25) is 0 Å². The number of hydrogen-bond donors (Lipinski definition) is 0. The van der Waals surface area contributed by atoms with Crippen LogP contribution in [0.15, 0.2) is 29.4 Å². The summed E-state index contributed by atoms with van der Waals surface area (Å²) in [6, 6.07) is 7.47. The molecule has 3 nitrogen and oxygen atoms in total. The first-order valence-electron chi connectivity index (χ1n) is 5.89. The lowest BCUT2D eigenvalue weighted by Gasteiger charge is -2.16. The largest absolute Gasteiger partial charge is 0.394 e. The van der Waals surface area contributed by atoms with Crippen molar-refractivity contribution in [1.29, 1.82) is 0 Å². The molecule has 0 saturated heterocycles. The number of rotatable bonds is 7. The quantitative estimate of drug-likeness (QED) is 0.425. The van der Waals surface area contributed by atoms with Crippen LogP contribution in [0, 0.1) is 0 Å². The summed E-state index contributed by atoms with van der Waals surface area (Å²) in [6.07, 6.45) is 1.69. The molecule has 0 unspecified atom stereocenters. The molecule has 17 heavy (non-hydrogen) atoms. The van der Waals surface area contributed by atoms with Crippen molar-refractivity contribution in [2.24, 2.45) is 5.16 Å². The van der Waals surface area contributed by atoms with Gasteiger partial charge in [-0.05, 0) is 30.8 Å². The molecule has 0 atom stereocenters. The lowest BCUT2D eigenvalue weighted by atomic mass is 10.2. The highest BCUT2D eigenvalue weighted by atomic mass is 35.5. The summed E-state index contributed by atoms with van der Waals surface area (Å²) in [7, 11) is 0. The number of oxime groups is 1. The van der Waals surface area contributed by atoms with Crippen molar-refractivity contribution in [2.75, 3.05) is 26.2 Å². The van der Waals surface area contributed by atoms with Gasteiger partial charge in [-0.15, -0.1) is 0 Å². The van der Waals surface area contributed by atoms with E-state index in [1.54, 1.807) is 6.21 Å². The third-order valence-electron chi connectivity index (χ3n) is 2.54. The minimum atomic E-state index is 0.617. The molecule has 1 aromatic carbocycles. The van der Waals surface area contributed by atoms with Crippen LogP contribution in [0.5, 0.6) is 0 Å². The van der Waals surface area contributed by atoms with Gasteiger partial charge in [0, 0.05) is 11.6 Å². The Morgan fingerprint density at radius 1 is 1.24 bits per heavy atom. The molecular weight excluding hydrogens is 236 g/mol. The topological polar surface area (TPSA) is 24.8 Å². The lowest BCUT2D eigenvalue weighted by molar-refractivity contribution is 0.115. The summed E-state index contributed by atoms with van der Waals surface area (Å²) in [4.78, 5) is 7.49. The summed E-state index contributed by atoms with van der Waals surface area (Å²) in [5.74, 6) is 0. The maximum absolute atomic E-state index is 5.78. The van der Waals surface area contributed by atoms with Crippen LogP contribution in [0.2, 0.25) is 5.02 Å². The van der Waals surface area contributed by atoms with Gasteiger partial charge in [-0.25, -0.2) is 0 Å². The van der Waals surface area contributed by atoms with Crippen LogP contribution in [0.4, 0.5) is 0 Å². The molecule has 0 heterocycles. The Hall–Kier alpha value is -1.06. The van der Waals surface area contributed by atoms with E-state index in [1.165, 1.54) is 0 Å². The summed E-state index contributed by atoms with van der Waals surface area (Å²) in [5, 5.41) is 4.64. The van der Waals surface area contributed by atoms with Gasteiger partial charge in [0.05, 0.1) is 6.21 Å². The summed E-state index contributed by atoms with van der Waals surface area (Å²) < 4.78 is 0. The minimum absolute atomic E-state index is 0.617. The zero-order chi connectivity index (χ0) is 12.5. The first-order chi connectivity index (χ1) is 8.26. The summed E-state index contributed by atoms with van der Waals surface area (Å²) in [6.45, 7) is 7.89. The van der Waals surface area contributed by atoms with Gasteiger partial charge in [0.2, 0.25) is 0 Å². The Morgan fingerprint density at radius 2 is 1.88 bits per heavy atom. The van der Waals surface area contributed by atoms with E-state index in [4.69, 9.17) is 16.4 Å². The Bertz CT molecular complexity index is 334. The highest BCUT2D eigenvalue weighted by Crippen LogP contribution is 2.07. The normalized spacial score (nSPS) is 11.3. The van der Waals surface area contributed by atoms with Crippen LogP contribution in [-0.4, -0.2) is 37.4 Å². The molecule has 0 aliphatic rings. The summed E-state index contributed by atoms with van der Waals surface area (Å²) >= 11 is 5.78. The van der Waals surface area contributed by atoms with Gasteiger partial charge in [-0.2, -0.15) is 0 Å². The molecule has 1 aromatic rings. The van der Waals surface area contributed by atoms with Crippen molar-refractivity contribution in [1.82, 2.24) is 4.90 Å². The second-order valence-corrected chi connectivity index (χ2v) is 4.08. The first kappa shape index (κ1) is 14.0. The fraction of sp³-hybridized carbons (Fsp3) is 0.462. The molecule has 0 radical (unpaired) electrons. The van der Waals surface area contributed by atoms with Crippen molar-refractivity contribution in [3.8, 4) is 0 Å². The Labute approximate surface area is 108 Å². The smallest absolute Gasteiger partial charge is 0.129 e. The highest BCUT2D eigenvalue weighted by Gasteiger charge is 1.97. The molecule has 0 aromatic heterocycles. The molecule has 0 amide bonds. The van der Waals surface area contributed by atoms with Crippen LogP contribution in [-0.2, 0) is 4.84 Å². The van der Waals surface area contributed by atoms with Gasteiger partial charge < -0.3 is 9.74 Å². The van der Waals surface area contributed by atoms with E-state index in [0.717, 1.165) is 30.2 Å². The molecule has 94 valence electrons. The number of halogens is 1. The van der Waals surface area contributed by atoms with Gasteiger partial charge >= 0.3 is 0 Å². The zero-order valence-corrected chi connectivity index (χ0v) is 11.2. The number of nitrogens with zero attached hydrogens (tertiary/aromatic N) is 2. The molecule has 0 aliphatic heterocycles. The summed E-state index contributed by atoms with van der Waals surface area (Å²) in [5.41, 5.74) is 0.984. The van der Waals surface area contributed by atoms with E-state index in [2.05, 4.69) is 23.9 Å². The molecule has 4 heteroatoms. The van der Waals surface area contributed by atoms with E-state index >= 15 is 0 Å². The molecular formula is C13H19ClN2O. The predicted molar refractivity (Wildman–Crippen MR) is 72.8 cm³/mol. The van der Waals surface area contributed by atoms with Crippen molar-refractivity contribution < 1.29 is 4.84 Å². The fourth-order valence-electron chi connectivity index (χ4n) is 1.41. The Morgan fingerprint density at radius 3 is 2.47 bits per heavy atom. The first-order valence-corrected chi connectivity index (χ1v) is 6.27. The van der Waals surface area contributed by atoms with E-state index in [9.17, 15) is 0 Å². The number of benzene rings is 1. The van der Waals surface area contributed by atoms with Gasteiger partial charge in [0.25, 0.3) is 0 Å². The van der Waals surface area contributed by atoms with Crippen LogP contribution < -0.4 is 0 Å². The highest BCUT2D eigenvalue weighted by molar-refractivity contribution is 6.30. The van der Waals surface area contributed by atoms with Gasteiger partial charge in [0.1, 0.15) is 6.61 Å². The number of likely N-dealkylation sites (N-methyl/N-ethyl adjacent to an activating group) is 1. The van der Waals surface area contributed by atoms with Crippen molar-refractivity contribution in [2.45, 2.75) is 13.8 Å². The molecule has 0 spiro atoms. The zero-order valence-electron chi connectivity index (χ0n) is 10.4. The van der Waals surface area contributed by atoms with E-state index < -0.39 is 0 Å². The maximum atomic E-state index is 5.78. The van der Waals surface area contributed by atoms with Gasteiger partial charge in [0.15, 0.2) is 0 Å². The second kappa shape index (κ2) is 8.09. The van der Waals surface area contributed by atoms with Crippen LogP contribution in [0.25, 0.3) is 0 Å². The van der Waals surface area contributed by atoms with Crippen LogP contribution in [0.3, 0.4) is 0 Å².